The molecule has 3 aromatic rings. The van der Waals surface area contributed by atoms with Gasteiger partial charge in [0.05, 0.1) is 6.61 Å². The molecule has 0 aliphatic carbocycles. The fourth-order valence-corrected chi connectivity index (χ4v) is 1.95. The number of ether oxygens (including phenoxy) is 1. The summed E-state index contributed by atoms with van der Waals surface area (Å²) in [6.45, 7) is 2.62. The lowest BCUT2D eigenvalue weighted by atomic mass is 10.2. The van der Waals surface area contributed by atoms with Gasteiger partial charge in [0.25, 0.3) is 0 Å². The van der Waals surface area contributed by atoms with Gasteiger partial charge in [0, 0.05) is 10.9 Å². The predicted octanol–water partition coefficient (Wildman–Crippen LogP) is 3.04. The first-order valence-corrected chi connectivity index (χ1v) is 5.84. The van der Waals surface area contributed by atoms with Crippen LogP contribution in [0.1, 0.15) is 13.3 Å². The quantitative estimate of drug-likeness (QED) is 0.771. The maximum absolute atomic E-state index is 13.3. The van der Waals surface area contributed by atoms with Gasteiger partial charge in [-0.2, -0.15) is 4.98 Å². The van der Waals surface area contributed by atoms with Crippen molar-refractivity contribution < 1.29 is 9.13 Å². The molecule has 2 aromatic heterocycles. The molecule has 0 spiro atoms. The number of nitrogens with one attached hydrogen (secondary N) is 1. The molecule has 2 heterocycles. The second-order valence-corrected chi connectivity index (χ2v) is 4.07. The monoisotopic (exact) mass is 245 g/mol. The zero-order valence-electron chi connectivity index (χ0n) is 9.90. The molecule has 1 aromatic carbocycles. The molecule has 5 heteroatoms. The first kappa shape index (κ1) is 11.0. The summed E-state index contributed by atoms with van der Waals surface area (Å²) in [5, 5.41) is 0.744. The zero-order chi connectivity index (χ0) is 12.5. The highest BCUT2D eigenvalue weighted by atomic mass is 19.1. The minimum atomic E-state index is -0.280. The fourth-order valence-electron chi connectivity index (χ4n) is 1.95. The maximum Gasteiger partial charge on any atom is 0.241 e. The van der Waals surface area contributed by atoms with Crippen molar-refractivity contribution in [2.45, 2.75) is 13.3 Å². The molecular formula is C13H12FN3O. The zero-order valence-corrected chi connectivity index (χ0v) is 9.90. The van der Waals surface area contributed by atoms with Crippen molar-refractivity contribution in [1.82, 2.24) is 15.0 Å². The highest BCUT2D eigenvalue weighted by molar-refractivity contribution is 6.06. The molecule has 0 saturated carbocycles. The lowest BCUT2D eigenvalue weighted by molar-refractivity contribution is 0.308. The Bertz CT molecular complexity index is 708. The number of nitrogens with zero attached hydrogens (tertiary/aromatic N) is 2. The standard InChI is InChI=1S/C13H12FN3O/c1-2-5-18-13-12-11(15-7-16-13)9-6-8(14)3-4-10(9)17-12/h3-4,6-7,17H,2,5H2,1H3. The van der Waals surface area contributed by atoms with Crippen LogP contribution < -0.4 is 4.74 Å². The van der Waals surface area contributed by atoms with Gasteiger partial charge in [-0.3, -0.25) is 0 Å². The van der Waals surface area contributed by atoms with Crippen LogP contribution in [-0.2, 0) is 0 Å². The van der Waals surface area contributed by atoms with E-state index in [0.29, 0.717) is 23.5 Å². The van der Waals surface area contributed by atoms with E-state index in [1.165, 1.54) is 18.5 Å². The second-order valence-electron chi connectivity index (χ2n) is 4.07. The van der Waals surface area contributed by atoms with Crippen molar-refractivity contribution >= 4 is 21.9 Å². The van der Waals surface area contributed by atoms with Crippen molar-refractivity contribution in [2.75, 3.05) is 6.61 Å². The number of rotatable bonds is 3. The Morgan fingerprint density at radius 2 is 2.22 bits per heavy atom. The van der Waals surface area contributed by atoms with E-state index in [9.17, 15) is 4.39 Å². The van der Waals surface area contributed by atoms with E-state index < -0.39 is 0 Å². The van der Waals surface area contributed by atoms with Crippen LogP contribution in [0.15, 0.2) is 24.5 Å². The van der Waals surface area contributed by atoms with E-state index in [2.05, 4.69) is 15.0 Å². The number of fused-ring (bicyclic) bond motifs is 3. The summed E-state index contributed by atoms with van der Waals surface area (Å²) in [6.07, 6.45) is 2.34. The number of aromatic amines is 1. The van der Waals surface area contributed by atoms with Crippen LogP contribution in [0.2, 0.25) is 0 Å². The van der Waals surface area contributed by atoms with Gasteiger partial charge in [0.2, 0.25) is 5.88 Å². The Hall–Kier alpha value is -2.17. The summed E-state index contributed by atoms with van der Waals surface area (Å²) in [4.78, 5) is 11.5. The van der Waals surface area contributed by atoms with Gasteiger partial charge in [-0.05, 0) is 24.6 Å². The molecule has 0 saturated heterocycles. The molecule has 0 bridgehead atoms. The second kappa shape index (κ2) is 4.25. The highest BCUT2D eigenvalue weighted by Crippen LogP contribution is 2.28. The lowest BCUT2D eigenvalue weighted by Gasteiger charge is -2.03. The van der Waals surface area contributed by atoms with Crippen molar-refractivity contribution in [3.8, 4) is 5.88 Å². The molecule has 1 N–H and O–H groups in total. The van der Waals surface area contributed by atoms with E-state index in [4.69, 9.17) is 4.74 Å². The molecule has 3 rings (SSSR count). The fraction of sp³-hybridized carbons (Fsp3) is 0.231. The summed E-state index contributed by atoms with van der Waals surface area (Å²) >= 11 is 0. The molecule has 0 aliphatic rings. The number of benzene rings is 1. The van der Waals surface area contributed by atoms with E-state index in [-0.39, 0.29) is 5.82 Å². The Balaban J connectivity index is 2.25. The topological polar surface area (TPSA) is 50.8 Å². The number of aromatic nitrogens is 3. The van der Waals surface area contributed by atoms with Gasteiger partial charge in [0.1, 0.15) is 23.2 Å². The van der Waals surface area contributed by atoms with Crippen molar-refractivity contribution in [1.29, 1.82) is 0 Å². The smallest absolute Gasteiger partial charge is 0.241 e. The van der Waals surface area contributed by atoms with Gasteiger partial charge < -0.3 is 9.72 Å². The summed E-state index contributed by atoms with van der Waals surface area (Å²) in [5.41, 5.74) is 2.23. The van der Waals surface area contributed by atoms with Crippen LogP contribution in [0.3, 0.4) is 0 Å². The van der Waals surface area contributed by atoms with E-state index >= 15 is 0 Å². The normalized spacial score (nSPS) is 11.2. The molecule has 18 heavy (non-hydrogen) atoms. The third-order valence-corrected chi connectivity index (χ3v) is 2.75. The SMILES string of the molecule is CCCOc1ncnc2c1[nH]c1ccc(F)cc12. The molecule has 0 atom stereocenters. The molecular weight excluding hydrogens is 233 g/mol. The van der Waals surface area contributed by atoms with Gasteiger partial charge in [-0.15, -0.1) is 0 Å². The minimum absolute atomic E-state index is 0.280. The molecule has 0 radical (unpaired) electrons. The molecule has 0 unspecified atom stereocenters. The van der Waals surface area contributed by atoms with Crippen molar-refractivity contribution in [2.24, 2.45) is 0 Å². The molecule has 0 aliphatic heterocycles. The number of H-pyrrole nitrogens is 1. The highest BCUT2D eigenvalue weighted by Gasteiger charge is 2.11. The summed E-state index contributed by atoms with van der Waals surface area (Å²) in [6, 6.07) is 4.57. The lowest BCUT2D eigenvalue weighted by Crippen LogP contribution is -1.98. The van der Waals surface area contributed by atoms with Crippen molar-refractivity contribution in [3.63, 3.8) is 0 Å². The average Bonchev–Trinajstić information content (AvgIpc) is 2.75. The molecule has 4 nitrogen and oxygen atoms in total. The third kappa shape index (κ3) is 1.68. The minimum Gasteiger partial charge on any atom is -0.476 e. The van der Waals surface area contributed by atoms with Crippen LogP contribution in [0, 0.1) is 5.82 Å². The predicted molar refractivity (Wildman–Crippen MR) is 67.1 cm³/mol. The number of hydrogen-bond donors (Lipinski definition) is 1. The van der Waals surface area contributed by atoms with Gasteiger partial charge in [-0.1, -0.05) is 6.92 Å². The Morgan fingerprint density at radius 1 is 1.33 bits per heavy atom. The van der Waals surface area contributed by atoms with Crippen LogP contribution in [0.25, 0.3) is 21.9 Å². The Labute approximate surface area is 103 Å². The van der Waals surface area contributed by atoms with E-state index in [1.54, 1.807) is 6.07 Å². The van der Waals surface area contributed by atoms with Gasteiger partial charge in [-0.25, -0.2) is 9.37 Å². The summed E-state index contributed by atoms with van der Waals surface area (Å²) < 4.78 is 18.8. The maximum atomic E-state index is 13.3. The van der Waals surface area contributed by atoms with Crippen LogP contribution in [-0.4, -0.2) is 21.6 Å². The molecule has 92 valence electrons. The Morgan fingerprint density at radius 3 is 3.06 bits per heavy atom. The Kier molecular flexibility index (Phi) is 2.59. The molecule has 0 fully saturated rings. The van der Waals surface area contributed by atoms with Crippen LogP contribution in [0.5, 0.6) is 5.88 Å². The van der Waals surface area contributed by atoms with Crippen molar-refractivity contribution in [3.05, 3.63) is 30.3 Å². The first-order valence-electron chi connectivity index (χ1n) is 5.84. The third-order valence-electron chi connectivity index (χ3n) is 2.75. The average molecular weight is 245 g/mol. The van der Waals surface area contributed by atoms with E-state index in [0.717, 1.165) is 17.3 Å². The largest absolute Gasteiger partial charge is 0.476 e. The number of hydrogen-bond acceptors (Lipinski definition) is 3. The summed E-state index contributed by atoms with van der Waals surface area (Å²) in [5.74, 6) is 0.233. The van der Waals surface area contributed by atoms with Crippen LogP contribution >= 0.6 is 0 Å². The van der Waals surface area contributed by atoms with Gasteiger partial charge in [0.15, 0.2) is 0 Å². The van der Waals surface area contributed by atoms with Crippen LogP contribution in [0.4, 0.5) is 4.39 Å². The first-order chi connectivity index (χ1) is 8.79. The number of halogens is 1. The van der Waals surface area contributed by atoms with Gasteiger partial charge >= 0.3 is 0 Å². The molecule has 0 amide bonds. The summed E-state index contributed by atoms with van der Waals surface area (Å²) in [7, 11) is 0. The van der Waals surface area contributed by atoms with E-state index in [1.807, 2.05) is 6.92 Å².